The molecular formula is C60H82F6N2O13. The summed E-state index contributed by atoms with van der Waals surface area (Å²) in [6.07, 6.45) is -13.0. The van der Waals surface area contributed by atoms with E-state index in [1.165, 1.54) is 38.4 Å². The van der Waals surface area contributed by atoms with Gasteiger partial charge in [-0.15, -0.1) is 0 Å². The smallest absolute Gasteiger partial charge is 0.416 e. The van der Waals surface area contributed by atoms with E-state index in [0.717, 1.165) is 39.6 Å². The van der Waals surface area contributed by atoms with Gasteiger partial charge >= 0.3 is 48.4 Å². The number of carboxylic acid groups (broad SMARTS) is 1. The Kier molecular flexibility index (Phi) is 25.3. The Hall–Kier alpha value is -7.16. The number of alkyl halides is 6. The molecule has 21 heteroatoms. The molecule has 2 amide bonds. The number of rotatable bonds is 17. The molecular weight excluding hydrogens is 1070 g/mol. The number of aliphatic hydroxyl groups excluding tert-OH is 1. The zero-order valence-electron chi connectivity index (χ0n) is 50.5. The molecule has 0 unspecified atom stereocenters. The number of carbonyl (C=O) groups is 6. The van der Waals surface area contributed by atoms with Crippen molar-refractivity contribution in [1.82, 2.24) is 9.80 Å². The van der Waals surface area contributed by atoms with Gasteiger partial charge in [0.2, 0.25) is 6.10 Å². The zero-order valence-corrected chi connectivity index (χ0v) is 48.5. The van der Waals surface area contributed by atoms with E-state index in [1.54, 1.807) is 96.1 Å². The maximum Gasteiger partial charge on any atom is 0.416 e. The Morgan fingerprint density at radius 2 is 0.840 bits per heavy atom. The maximum atomic E-state index is 13.5. The summed E-state index contributed by atoms with van der Waals surface area (Å²) in [4.78, 5) is 76.4. The molecule has 15 nitrogen and oxygen atoms in total. The number of nitrogens with zero attached hydrogens (tertiary/aromatic N) is 2. The zero-order chi connectivity index (χ0) is 63.9. The van der Waals surface area contributed by atoms with Crippen LogP contribution in [-0.4, -0.2) is 106 Å². The van der Waals surface area contributed by atoms with Crippen LogP contribution in [0.1, 0.15) is 134 Å². The van der Waals surface area contributed by atoms with Gasteiger partial charge in [0.25, 0.3) is 0 Å². The average molecular weight is 1160 g/mol. The molecule has 0 radical (unpaired) electrons. The monoisotopic (exact) mass is 1160 g/mol. The lowest BCUT2D eigenvalue weighted by Crippen LogP contribution is -2.48. The van der Waals surface area contributed by atoms with Crippen molar-refractivity contribution >= 4 is 36.1 Å². The van der Waals surface area contributed by atoms with Crippen LogP contribution in [0.3, 0.4) is 0 Å². The molecule has 4 rings (SSSR count). The van der Waals surface area contributed by atoms with Crippen LogP contribution in [-0.2, 0) is 81.3 Å². The van der Waals surface area contributed by atoms with E-state index in [-0.39, 0.29) is 39.3 Å². The van der Waals surface area contributed by atoms with Crippen LogP contribution in [0.15, 0.2) is 109 Å². The van der Waals surface area contributed by atoms with Gasteiger partial charge in [0, 0.05) is 31.3 Å². The third-order valence-corrected chi connectivity index (χ3v) is 11.1. The van der Waals surface area contributed by atoms with Crippen LogP contribution < -0.4 is 0 Å². The molecule has 2 N–H and O–H groups in total. The van der Waals surface area contributed by atoms with Crippen molar-refractivity contribution < 1.29 is 93.4 Å². The average Bonchev–Trinajstić information content (AvgIpc) is 3.57. The summed E-state index contributed by atoms with van der Waals surface area (Å²) >= 11 is 0. The highest BCUT2D eigenvalue weighted by atomic mass is 19.4. The fraction of sp³-hybridized carbons (Fsp3) is 0.500. The van der Waals surface area contributed by atoms with Crippen molar-refractivity contribution in [3.05, 3.63) is 143 Å². The van der Waals surface area contributed by atoms with E-state index in [1.807, 2.05) is 47.6 Å². The SMILES string of the molecule is CN(C(=O)OC(C)(C)C)[C@@H](CC(C)(C)C)C(=O)O.CN(C(=O)OC(C)(C)C)[C@@H](CC(C)(C)C)C(=O)O[C@H](Cc1ccc(C(F)(F)F)cc1)C(=O)OCc1ccccc1.O=C(OCc1ccccc1)[C@H](O)Cc1ccc(C(F)(F)F)cc1.[2HH].[2H][2H]. The van der Waals surface area contributed by atoms with Crippen molar-refractivity contribution in [2.24, 2.45) is 10.8 Å². The van der Waals surface area contributed by atoms with E-state index in [0.29, 0.717) is 23.1 Å². The predicted molar refractivity (Wildman–Crippen MR) is 294 cm³/mol. The number of ether oxygens (including phenoxy) is 5. The predicted octanol–water partition coefficient (Wildman–Crippen LogP) is 13.2. The van der Waals surface area contributed by atoms with Crippen LogP contribution in [0.2, 0.25) is 0 Å². The maximum absolute atomic E-state index is 13.5. The van der Waals surface area contributed by atoms with Crippen LogP contribution in [0, 0.1) is 10.8 Å². The second kappa shape index (κ2) is 30.1. The number of esters is 3. The van der Waals surface area contributed by atoms with Crippen molar-refractivity contribution in [3.63, 3.8) is 0 Å². The van der Waals surface area contributed by atoms with E-state index in [9.17, 15) is 65.3 Å². The minimum absolute atomic E-state index is 0. The molecule has 0 aliphatic rings. The molecule has 452 valence electrons. The van der Waals surface area contributed by atoms with Gasteiger partial charge in [-0.25, -0.2) is 28.8 Å². The first-order chi connectivity index (χ1) is 38.0. The van der Waals surface area contributed by atoms with Gasteiger partial charge in [-0.05, 0) is 112 Å². The van der Waals surface area contributed by atoms with Crippen LogP contribution in [0.5, 0.6) is 0 Å². The first kappa shape index (κ1) is 68.1. The second-order valence-electron chi connectivity index (χ2n) is 23.5. The van der Waals surface area contributed by atoms with Crippen molar-refractivity contribution in [1.29, 1.82) is 0 Å². The number of aliphatic hydroxyl groups is 1. The Balaban J connectivity index is 0.00000132. The lowest BCUT2D eigenvalue weighted by Gasteiger charge is -2.33. The van der Waals surface area contributed by atoms with Gasteiger partial charge in [0.1, 0.15) is 36.5 Å². The topological polar surface area (TPSA) is 196 Å². The van der Waals surface area contributed by atoms with Gasteiger partial charge in [-0.2, -0.15) is 26.3 Å². The van der Waals surface area contributed by atoms with Crippen molar-refractivity contribution in [3.8, 4) is 0 Å². The Labute approximate surface area is 475 Å². The van der Waals surface area contributed by atoms with E-state index < -0.39 is 100 Å². The number of aliphatic carboxylic acids is 1. The summed E-state index contributed by atoms with van der Waals surface area (Å²) in [5.41, 5.74) is -1.44. The summed E-state index contributed by atoms with van der Waals surface area (Å²) in [5, 5.41) is 19.0. The summed E-state index contributed by atoms with van der Waals surface area (Å²) < 4.78 is 113. The van der Waals surface area contributed by atoms with E-state index in [2.05, 4.69) is 0 Å². The lowest BCUT2D eigenvalue weighted by molar-refractivity contribution is -0.172. The van der Waals surface area contributed by atoms with Crippen molar-refractivity contribution in [2.75, 3.05) is 14.1 Å². The first-order valence-electron chi connectivity index (χ1n) is 26.8. The van der Waals surface area contributed by atoms with Crippen LogP contribution >= 0.6 is 0 Å². The fourth-order valence-electron chi connectivity index (χ4n) is 7.07. The van der Waals surface area contributed by atoms with Crippen molar-refractivity contribution in [2.45, 2.75) is 170 Å². The normalized spacial score (nSPS) is 13.5. The Morgan fingerprint density at radius 3 is 1.19 bits per heavy atom. The number of hydrogen-bond donors (Lipinski definition) is 2. The minimum atomic E-state index is -4.52. The van der Waals surface area contributed by atoms with Gasteiger partial charge in [-0.1, -0.05) is 126 Å². The minimum Gasteiger partial charge on any atom is -0.480 e. The standard InChI is InChI=1S/C30H38F3NO6.C17H15F3O3.C13H25NO4.2H2/c1-28(2,3)18-23(34(7)27(37)40-29(4,5)6)25(35)39-24(26(36)38-19-21-11-9-8-10-12-21)17-20-13-15-22(16-14-20)30(31,32)33;18-17(19,20)14-8-6-12(7-9-14)10-15(21)16(22)23-11-13-4-2-1-3-5-13;1-12(2,3)8-9(10(15)16)14(7)11(17)18-13(4,5)6;;/h8-16,23-24H,17-19H2,1-7H3;1-9,15,21H,10-11H2;9H,8H2,1-7H3,(H,15,16);2*1H/t23-,24+;15-;9-;;/m010../s1/i;;;1+1D;1+1. The molecule has 4 atom stereocenters. The number of halogens is 6. The van der Waals surface area contributed by atoms with Gasteiger partial charge in [0.15, 0.2) is 6.10 Å². The summed E-state index contributed by atoms with van der Waals surface area (Å²) in [6.45, 7) is 21.7. The molecule has 0 saturated heterocycles. The highest BCUT2D eigenvalue weighted by Crippen LogP contribution is 2.32. The number of benzene rings is 4. The largest absolute Gasteiger partial charge is 0.480 e. The van der Waals surface area contributed by atoms with Gasteiger partial charge in [0.05, 0.1) is 11.1 Å². The Morgan fingerprint density at radius 1 is 0.494 bits per heavy atom. The molecule has 4 aromatic carbocycles. The number of carboxylic acids is 1. The van der Waals surface area contributed by atoms with E-state index in [4.69, 9.17) is 26.7 Å². The molecule has 0 heterocycles. The summed E-state index contributed by atoms with van der Waals surface area (Å²) in [6, 6.07) is 24.3. The quantitative estimate of drug-likeness (QED) is 0.0576. The lowest BCUT2D eigenvalue weighted by atomic mass is 9.87. The molecule has 0 bridgehead atoms. The van der Waals surface area contributed by atoms with Crippen LogP contribution in [0.4, 0.5) is 35.9 Å². The van der Waals surface area contributed by atoms with Gasteiger partial charge < -0.3 is 33.9 Å². The number of likely N-dealkylation sites (N-methyl/N-ethyl adjacent to an activating group) is 2. The molecule has 0 aliphatic carbocycles. The highest BCUT2D eigenvalue weighted by Gasteiger charge is 2.38. The fourth-order valence-corrected chi connectivity index (χ4v) is 7.07. The molecule has 0 aromatic heterocycles. The number of hydrogen-bond acceptors (Lipinski definition) is 12. The second-order valence-corrected chi connectivity index (χ2v) is 23.5. The van der Waals surface area contributed by atoms with Crippen LogP contribution in [0.25, 0.3) is 0 Å². The first-order valence-corrected chi connectivity index (χ1v) is 25.8. The molecule has 0 spiro atoms. The molecule has 81 heavy (non-hydrogen) atoms. The number of carbonyl (C=O) groups excluding carboxylic acids is 5. The van der Waals surface area contributed by atoms with E-state index >= 15 is 0 Å². The molecule has 0 saturated carbocycles. The third-order valence-electron chi connectivity index (χ3n) is 11.1. The molecule has 4 aromatic rings. The van der Waals surface area contributed by atoms with Gasteiger partial charge in [-0.3, -0.25) is 9.80 Å². The highest BCUT2D eigenvalue weighted by molar-refractivity contribution is 5.85. The summed E-state index contributed by atoms with van der Waals surface area (Å²) in [5.74, 6) is -3.56. The summed E-state index contributed by atoms with van der Waals surface area (Å²) in [7, 11) is 2.86. The molecule has 0 aliphatic heterocycles. The third kappa shape index (κ3) is 27.7. The Bertz CT molecular complexity index is 2640. The number of amides is 2. The molecule has 0 fully saturated rings.